The summed E-state index contributed by atoms with van der Waals surface area (Å²) in [4.78, 5) is 11.9. The molecule has 0 amide bonds. The predicted molar refractivity (Wildman–Crippen MR) is 57.4 cm³/mol. The fraction of sp³-hybridized carbons (Fsp3) is 0.917. The summed E-state index contributed by atoms with van der Waals surface area (Å²) in [6.45, 7) is 2.16. The van der Waals surface area contributed by atoms with Gasteiger partial charge in [0.1, 0.15) is 5.60 Å². The van der Waals surface area contributed by atoms with Crippen molar-refractivity contribution in [3.63, 3.8) is 0 Å². The molecule has 0 aromatic rings. The van der Waals surface area contributed by atoms with Gasteiger partial charge in [0.2, 0.25) is 0 Å². The molecule has 0 aromatic heterocycles. The standard InChI is InChI=1S/C12H22O2/c1-3-4-5-8-11(13)12(14-2)9-6-7-10-12/h3-10H2,1-2H3. The van der Waals surface area contributed by atoms with Crippen LogP contribution in [0.5, 0.6) is 0 Å². The smallest absolute Gasteiger partial charge is 0.164 e. The van der Waals surface area contributed by atoms with Crippen LogP contribution in [0.15, 0.2) is 0 Å². The lowest BCUT2D eigenvalue weighted by molar-refractivity contribution is -0.140. The number of ether oxygens (including phenoxy) is 1. The van der Waals surface area contributed by atoms with Crippen LogP contribution in [0.25, 0.3) is 0 Å². The molecule has 1 rings (SSSR count). The number of carbonyl (C=O) groups excluding carboxylic acids is 1. The van der Waals surface area contributed by atoms with Gasteiger partial charge in [-0.2, -0.15) is 0 Å². The highest BCUT2D eigenvalue weighted by molar-refractivity contribution is 5.87. The van der Waals surface area contributed by atoms with Crippen molar-refractivity contribution < 1.29 is 9.53 Å². The zero-order valence-electron chi connectivity index (χ0n) is 9.47. The van der Waals surface area contributed by atoms with E-state index in [1.165, 1.54) is 6.42 Å². The SMILES string of the molecule is CCCCCC(=O)C1(OC)CCCC1. The Labute approximate surface area is 87.0 Å². The Bertz CT molecular complexity index is 181. The minimum absolute atomic E-state index is 0.339. The molecule has 0 N–H and O–H groups in total. The maximum Gasteiger partial charge on any atom is 0.164 e. The lowest BCUT2D eigenvalue weighted by Crippen LogP contribution is -2.37. The van der Waals surface area contributed by atoms with Crippen LogP contribution in [0.2, 0.25) is 0 Å². The third-order valence-electron chi connectivity index (χ3n) is 3.32. The van der Waals surface area contributed by atoms with Gasteiger partial charge in [0.05, 0.1) is 0 Å². The van der Waals surface area contributed by atoms with Crippen LogP contribution >= 0.6 is 0 Å². The van der Waals surface area contributed by atoms with Gasteiger partial charge in [-0.25, -0.2) is 0 Å². The Morgan fingerprint density at radius 3 is 2.43 bits per heavy atom. The van der Waals surface area contributed by atoms with Crippen molar-refractivity contribution >= 4 is 5.78 Å². The number of Topliss-reactive ketones (excluding diaryl/α,β-unsaturated/α-hetero) is 1. The van der Waals surface area contributed by atoms with E-state index in [2.05, 4.69) is 6.92 Å². The number of hydrogen-bond donors (Lipinski definition) is 0. The summed E-state index contributed by atoms with van der Waals surface area (Å²) in [6, 6.07) is 0. The summed E-state index contributed by atoms with van der Waals surface area (Å²) >= 11 is 0. The molecule has 0 bridgehead atoms. The molecular formula is C12H22O2. The first-order valence-corrected chi connectivity index (χ1v) is 5.83. The van der Waals surface area contributed by atoms with E-state index >= 15 is 0 Å². The molecule has 0 aliphatic heterocycles. The Morgan fingerprint density at radius 2 is 1.93 bits per heavy atom. The topological polar surface area (TPSA) is 26.3 Å². The highest BCUT2D eigenvalue weighted by atomic mass is 16.5. The molecule has 0 heterocycles. The summed E-state index contributed by atoms with van der Waals surface area (Å²) in [5, 5.41) is 0. The van der Waals surface area contributed by atoms with E-state index in [-0.39, 0.29) is 0 Å². The summed E-state index contributed by atoms with van der Waals surface area (Å²) in [5.41, 5.74) is -0.395. The van der Waals surface area contributed by atoms with Gasteiger partial charge in [-0.1, -0.05) is 19.8 Å². The molecule has 0 saturated heterocycles. The molecule has 0 spiro atoms. The second-order valence-electron chi connectivity index (χ2n) is 4.29. The molecule has 2 heteroatoms. The average molecular weight is 198 g/mol. The molecule has 82 valence electrons. The van der Waals surface area contributed by atoms with E-state index in [0.717, 1.165) is 38.5 Å². The average Bonchev–Trinajstić information content (AvgIpc) is 2.67. The summed E-state index contributed by atoms with van der Waals surface area (Å²) in [5.74, 6) is 0.339. The van der Waals surface area contributed by atoms with Gasteiger partial charge in [0.25, 0.3) is 0 Å². The van der Waals surface area contributed by atoms with Crippen molar-refractivity contribution in [3.8, 4) is 0 Å². The van der Waals surface area contributed by atoms with Crippen LogP contribution in [0.3, 0.4) is 0 Å². The van der Waals surface area contributed by atoms with Crippen LogP contribution in [-0.4, -0.2) is 18.5 Å². The first kappa shape index (κ1) is 11.7. The molecule has 1 fully saturated rings. The molecule has 1 saturated carbocycles. The van der Waals surface area contributed by atoms with Crippen molar-refractivity contribution in [3.05, 3.63) is 0 Å². The normalized spacial score (nSPS) is 19.9. The lowest BCUT2D eigenvalue weighted by Gasteiger charge is -2.25. The van der Waals surface area contributed by atoms with E-state index in [1.54, 1.807) is 7.11 Å². The van der Waals surface area contributed by atoms with E-state index < -0.39 is 5.60 Å². The summed E-state index contributed by atoms with van der Waals surface area (Å²) in [6.07, 6.45) is 8.24. The maximum absolute atomic E-state index is 11.9. The largest absolute Gasteiger partial charge is 0.370 e. The summed E-state index contributed by atoms with van der Waals surface area (Å²) in [7, 11) is 1.68. The molecule has 2 nitrogen and oxygen atoms in total. The number of hydrogen-bond acceptors (Lipinski definition) is 2. The van der Waals surface area contributed by atoms with Gasteiger partial charge in [-0.3, -0.25) is 4.79 Å². The van der Waals surface area contributed by atoms with E-state index in [1.807, 2.05) is 0 Å². The lowest BCUT2D eigenvalue weighted by atomic mass is 9.92. The van der Waals surface area contributed by atoms with Crippen molar-refractivity contribution in [2.24, 2.45) is 0 Å². The maximum atomic E-state index is 11.9. The minimum atomic E-state index is -0.395. The Hall–Kier alpha value is -0.370. The monoisotopic (exact) mass is 198 g/mol. The number of ketones is 1. The highest BCUT2D eigenvalue weighted by Gasteiger charge is 2.39. The molecule has 0 atom stereocenters. The third-order valence-corrected chi connectivity index (χ3v) is 3.32. The molecule has 0 unspecified atom stereocenters. The van der Waals surface area contributed by atoms with Gasteiger partial charge < -0.3 is 4.74 Å². The number of methoxy groups -OCH3 is 1. The van der Waals surface area contributed by atoms with Crippen LogP contribution in [-0.2, 0) is 9.53 Å². The zero-order valence-corrected chi connectivity index (χ0v) is 9.47. The molecule has 0 aromatic carbocycles. The van der Waals surface area contributed by atoms with Crippen molar-refractivity contribution in [1.82, 2.24) is 0 Å². The summed E-state index contributed by atoms with van der Waals surface area (Å²) < 4.78 is 5.44. The van der Waals surface area contributed by atoms with Gasteiger partial charge in [-0.15, -0.1) is 0 Å². The van der Waals surface area contributed by atoms with Crippen molar-refractivity contribution in [2.45, 2.75) is 63.9 Å². The van der Waals surface area contributed by atoms with Crippen LogP contribution in [0.4, 0.5) is 0 Å². The van der Waals surface area contributed by atoms with Gasteiger partial charge in [0, 0.05) is 13.5 Å². The third kappa shape index (κ3) is 2.57. The van der Waals surface area contributed by atoms with Crippen molar-refractivity contribution in [2.75, 3.05) is 7.11 Å². The van der Waals surface area contributed by atoms with Crippen LogP contribution in [0.1, 0.15) is 58.3 Å². The number of carbonyl (C=O) groups is 1. The fourth-order valence-corrected chi connectivity index (χ4v) is 2.31. The van der Waals surface area contributed by atoms with Gasteiger partial charge >= 0.3 is 0 Å². The van der Waals surface area contributed by atoms with E-state index in [9.17, 15) is 4.79 Å². The minimum Gasteiger partial charge on any atom is -0.370 e. The number of unbranched alkanes of at least 4 members (excludes halogenated alkanes) is 2. The van der Waals surface area contributed by atoms with E-state index in [4.69, 9.17) is 4.74 Å². The van der Waals surface area contributed by atoms with Crippen LogP contribution in [0, 0.1) is 0 Å². The number of rotatable bonds is 6. The van der Waals surface area contributed by atoms with Crippen LogP contribution < -0.4 is 0 Å². The molecule has 1 aliphatic rings. The van der Waals surface area contributed by atoms with Gasteiger partial charge in [-0.05, 0) is 32.1 Å². The second-order valence-corrected chi connectivity index (χ2v) is 4.29. The molecule has 14 heavy (non-hydrogen) atoms. The molecular weight excluding hydrogens is 176 g/mol. The Balaban J connectivity index is 2.40. The first-order valence-electron chi connectivity index (χ1n) is 5.83. The second kappa shape index (κ2) is 5.50. The predicted octanol–water partition coefficient (Wildman–Crippen LogP) is 3.10. The highest BCUT2D eigenvalue weighted by Crippen LogP contribution is 2.34. The molecule has 1 aliphatic carbocycles. The Morgan fingerprint density at radius 1 is 1.29 bits per heavy atom. The van der Waals surface area contributed by atoms with E-state index in [0.29, 0.717) is 12.2 Å². The first-order chi connectivity index (χ1) is 6.75. The zero-order chi connectivity index (χ0) is 10.4. The van der Waals surface area contributed by atoms with Crippen molar-refractivity contribution in [1.29, 1.82) is 0 Å². The fourth-order valence-electron chi connectivity index (χ4n) is 2.31. The molecule has 0 radical (unpaired) electrons. The Kier molecular flexibility index (Phi) is 4.59. The van der Waals surface area contributed by atoms with Gasteiger partial charge in [0.15, 0.2) is 5.78 Å². The quantitative estimate of drug-likeness (QED) is 0.613.